The summed E-state index contributed by atoms with van der Waals surface area (Å²) in [6.07, 6.45) is 5.75. The number of nitrogens with zero attached hydrogens (tertiary/aromatic N) is 1. The van der Waals surface area contributed by atoms with Crippen molar-refractivity contribution in [1.29, 1.82) is 0 Å². The molecule has 0 saturated carbocycles. The minimum absolute atomic E-state index is 0.374. The van der Waals surface area contributed by atoms with Gasteiger partial charge in [0.1, 0.15) is 5.82 Å². The Morgan fingerprint density at radius 1 is 0.857 bits per heavy atom. The van der Waals surface area contributed by atoms with Crippen molar-refractivity contribution >= 4 is 23.2 Å². The van der Waals surface area contributed by atoms with Crippen LogP contribution >= 0.6 is 0 Å². The van der Waals surface area contributed by atoms with Crippen molar-refractivity contribution in [2.45, 2.75) is 32.1 Å². The third-order valence-corrected chi connectivity index (χ3v) is 4.92. The van der Waals surface area contributed by atoms with Gasteiger partial charge in [-0.3, -0.25) is 9.59 Å². The van der Waals surface area contributed by atoms with E-state index in [1.54, 1.807) is 0 Å². The molecule has 0 spiro atoms. The fourth-order valence-corrected chi connectivity index (χ4v) is 3.32. The molecule has 0 radical (unpaired) electrons. The van der Waals surface area contributed by atoms with Crippen LogP contribution in [0.2, 0.25) is 0 Å². The Hall–Kier alpha value is -2.89. The summed E-state index contributed by atoms with van der Waals surface area (Å²) < 4.78 is 12.9. The summed E-state index contributed by atoms with van der Waals surface area (Å²) in [7, 11) is 0. The molecule has 0 unspecified atom stereocenters. The third kappa shape index (κ3) is 5.81. The molecule has 148 valence electrons. The van der Waals surface area contributed by atoms with Crippen LogP contribution in [0.25, 0.3) is 0 Å². The van der Waals surface area contributed by atoms with Gasteiger partial charge in [-0.1, -0.05) is 25.0 Å². The van der Waals surface area contributed by atoms with Gasteiger partial charge in [-0.15, -0.1) is 0 Å². The summed E-state index contributed by atoms with van der Waals surface area (Å²) in [5.74, 6) is -1.86. The standard InChI is InChI=1S/C22H26FN3O2/c23-18-7-9-19(10-8-18)25-22(28)21(27)24-14-13-17-5-11-20(12-6-17)26-15-3-1-2-4-16-26/h5-12H,1-4,13-16H2,(H,24,27)(H,25,28). The Bertz CT molecular complexity index is 782. The van der Waals surface area contributed by atoms with Gasteiger partial charge in [-0.2, -0.15) is 0 Å². The third-order valence-electron chi connectivity index (χ3n) is 4.92. The van der Waals surface area contributed by atoms with E-state index in [0.717, 1.165) is 18.7 Å². The number of halogens is 1. The first kappa shape index (κ1) is 19.9. The molecule has 0 aliphatic carbocycles. The van der Waals surface area contributed by atoms with E-state index in [2.05, 4.69) is 39.8 Å². The summed E-state index contributed by atoms with van der Waals surface area (Å²) >= 11 is 0. The average Bonchev–Trinajstić information content (AvgIpc) is 3.00. The summed E-state index contributed by atoms with van der Waals surface area (Å²) in [5.41, 5.74) is 2.73. The molecule has 6 heteroatoms. The van der Waals surface area contributed by atoms with Crippen molar-refractivity contribution in [1.82, 2.24) is 5.32 Å². The monoisotopic (exact) mass is 383 g/mol. The maximum atomic E-state index is 12.9. The molecule has 2 N–H and O–H groups in total. The number of benzene rings is 2. The van der Waals surface area contributed by atoms with Crippen LogP contribution in [-0.2, 0) is 16.0 Å². The van der Waals surface area contributed by atoms with Crippen LogP contribution in [0.1, 0.15) is 31.2 Å². The van der Waals surface area contributed by atoms with Crippen molar-refractivity contribution in [2.24, 2.45) is 0 Å². The molecule has 3 rings (SSSR count). The first-order valence-corrected chi connectivity index (χ1v) is 9.80. The van der Waals surface area contributed by atoms with Gasteiger partial charge >= 0.3 is 11.8 Å². The van der Waals surface area contributed by atoms with Gasteiger partial charge in [0.15, 0.2) is 0 Å². The first-order valence-electron chi connectivity index (χ1n) is 9.80. The van der Waals surface area contributed by atoms with Gasteiger partial charge in [0, 0.05) is 31.0 Å². The molecule has 2 amide bonds. The number of hydrogen-bond acceptors (Lipinski definition) is 3. The second-order valence-electron chi connectivity index (χ2n) is 7.03. The summed E-state index contributed by atoms with van der Waals surface area (Å²) in [5, 5.41) is 5.06. The molecule has 1 fully saturated rings. The smallest absolute Gasteiger partial charge is 0.313 e. The highest BCUT2D eigenvalue weighted by molar-refractivity contribution is 6.39. The number of amides is 2. The minimum Gasteiger partial charge on any atom is -0.372 e. The molecule has 28 heavy (non-hydrogen) atoms. The van der Waals surface area contributed by atoms with Crippen LogP contribution in [0.3, 0.4) is 0 Å². The zero-order valence-corrected chi connectivity index (χ0v) is 15.9. The van der Waals surface area contributed by atoms with E-state index >= 15 is 0 Å². The summed E-state index contributed by atoms with van der Waals surface area (Å²) in [6.45, 7) is 2.59. The van der Waals surface area contributed by atoms with Crippen molar-refractivity contribution in [2.75, 3.05) is 29.9 Å². The Balaban J connectivity index is 1.43. The topological polar surface area (TPSA) is 61.4 Å². The lowest BCUT2D eigenvalue weighted by atomic mass is 10.1. The Kier molecular flexibility index (Phi) is 7.00. The maximum absolute atomic E-state index is 12.9. The highest BCUT2D eigenvalue weighted by Crippen LogP contribution is 2.20. The van der Waals surface area contributed by atoms with E-state index in [1.165, 1.54) is 55.6 Å². The summed E-state index contributed by atoms with van der Waals surface area (Å²) in [4.78, 5) is 26.2. The minimum atomic E-state index is -0.761. The molecule has 1 heterocycles. The molecule has 0 bridgehead atoms. The Morgan fingerprint density at radius 2 is 1.50 bits per heavy atom. The van der Waals surface area contributed by atoms with E-state index in [0.29, 0.717) is 18.7 Å². The van der Waals surface area contributed by atoms with Crippen LogP contribution in [0, 0.1) is 5.82 Å². The van der Waals surface area contributed by atoms with Gasteiger partial charge in [0.05, 0.1) is 0 Å². The van der Waals surface area contributed by atoms with Gasteiger partial charge in [-0.25, -0.2) is 4.39 Å². The molecular formula is C22H26FN3O2. The molecule has 2 aromatic carbocycles. The lowest BCUT2D eigenvalue weighted by Crippen LogP contribution is -2.36. The zero-order valence-electron chi connectivity index (χ0n) is 15.9. The van der Waals surface area contributed by atoms with Crippen molar-refractivity contribution in [3.63, 3.8) is 0 Å². The van der Waals surface area contributed by atoms with E-state index in [4.69, 9.17) is 0 Å². The summed E-state index contributed by atoms with van der Waals surface area (Å²) in [6, 6.07) is 13.7. The molecular weight excluding hydrogens is 357 g/mol. The van der Waals surface area contributed by atoms with Crippen molar-refractivity contribution in [3.05, 3.63) is 59.9 Å². The second kappa shape index (κ2) is 9.88. The molecule has 2 aromatic rings. The maximum Gasteiger partial charge on any atom is 0.313 e. The number of carbonyl (C=O) groups excluding carboxylic acids is 2. The predicted octanol–water partition coefficient (Wildman–Crippen LogP) is 3.50. The van der Waals surface area contributed by atoms with Gasteiger partial charge in [-0.05, 0) is 61.2 Å². The van der Waals surface area contributed by atoms with E-state index in [9.17, 15) is 14.0 Å². The number of rotatable bonds is 5. The SMILES string of the molecule is O=C(NCCc1ccc(N2CCCCCC2)cc1)C(=O)Nc1ccc(F)cc1. The van der Waals surface area contributed by atoms with Crippen LogP contribution in [0.15, 0.2) is 48.5 Å². The van der Waals surface area contributed by atoms with Crippen LogP contribution in [-0.4, -0.2) is 31.4 Å². The molecule has 1 aliphatic heterocycles. The molecule has 5 nitrogen and oxygen atoms in total. The molecule has 0 atom stereocenters. The van der Waals surface area contributed by atoms with Gasteiger partial charge in [0.25, 0.3) is 0 Å². The lowest BCUT2D eigenvalue weighted by molar-refractivity contribution is -0.136. The molecule has 1 aliphatic rings. The average molecular weight is 383 g/mol. The number of carbonyl (C=O) groups is 2. The zero-order chi connectivity index (χ0) is 19.8. The lowest BCUT2D eigenvalue weighted by Gasteiger charge is -2.22. The predicted molar refractivity (Wildman–Crippen MR) is 109 cm³/mol. The van der Waals surface area contributed by atoms with Crippen LogP contribution < -0.4 is 15.5 Å². The highest BCUT2D eigenvalue weighted by Gasteiger charge is 2.13. The van der Waals surface area contributed by atoms with E-state index in [1.807, 2.05) is 0 Å². The Morgan fingerprint density at radius 3 is 2.14 bits per heavy atom. The number of hydrogen-bond donors (Lipinski definition) is 2. The molecule has 1 saturated heterocycles. The van der Waals surface area contributed by atoms with Crippen molar-refractivity contribution < 1.29 is 14.0 Å². The van der Waals surface area contributed by atoms with Crippen LogP contribution in [0.4, 0.5) is 15.8 Å². The second-order valence-corrected chi connectivity index (χ2v) is 7.03. The van der Waals surface area contributed by atoms with E-state index in [-0.39, 0.29) is 0 Å². The largest absolute Gasteiger partial charge is 0.372 e. The first-order chi connectivity index (χ1) is 13.6. The normalized spacial score (nSPS) is 14.2. The number of anilines is 2. The fourth-order valence-electron chi connectivity index (χ4n) is 3.32. The Labute approximate surface area is 164 Å². The van der Waals surface area contributed by atoms with Crippen LogP contribution in [0.5, 0.6) is 0 Å². The molecule has 0 aromatic heterocycles. The van der Waals surface area contributed by atoms with E-state index < -0.39 is 17.6 Å². The quantitative estimate of drug-likeness (QED) is 0.777. The van der Waals surface area contributed by atoms with Crippen molar-refractivity contribution in [3.8, 4) is 0 Å². The fraction of sp³-hybridized carbons (Fsp3) is 0.364. The highest BCUT2D eigenvalue weighted by atomic mass is 19.1. The van der Waals surface area contributed by atoms with Gasteiger partial charge in [0.2, 0.25) is 0 Å². The number of nitrogens with one attached hydrogen (secondary N) is 2. The van der Waals surface area contributed by atoms with Gasteiger partial charge < -0.3 is 15.5 Å².